The SMILES string of the molecule is CC/C=C\C/C=C\C/C=C\C/C=C\CCCCCCCCCCCCCCCCCCCCCCCCC(=O)OCC(COC(=O)CCCCCCC/C=C\CCC)OC(=O)CCCCCC/C=C\C/C=C\C/C=C\C/C=C\CC. The highest BCUT2D eigenvalue weighted by Crippen LogP contribution is 2.17. The molecule has 458 valence electrons. The molecule has 1 atom stereocenters. The van der Waals surface area contributed by atoms with Crippen molar-refractivity contribution in [2.24, 2.45) is 0 Å². The fraction of sp³-hybridized carbons (Fsp3) is 0.716. The van der Waals surface area contributed by atoms with E-state index in [1.54, 1.807) is 0 Å². The molecule has 0 N–H and O–H groups in total. The van der Waals surface area contributed by atoms with Gasteiger partial charge in [-0.25, -0.2) is 0 Å². The molecule has 0 spiro atoms. The Morgan fingerprint density at radius 1 is 0.263 bits per heavy atom. The van der Waals surface area contributed by atoms with Crippen LogP contribution in [-0.2, 0) is 28.6 Å². The summed E-state index contributed by atoms with van der Waals surface area (Å²) < 4.78 is 16.9. The Morgan fingerprint density at radius 3 is 0.775 bits per heavy atom. The van der Waals surface area contributed by atoms with Crippen molar-refractivity contribution in [1.29, 1.82) is 0 Å². The molecule has 6 heteroatoms. The van der Waals surface area contributed by atoms with Crippen LogP contribution >= 0.6 is 0 Å². The lowest BCUT2D eigenvalue weighted by molar-refractivity contribution is -0.167. The first-order valence-electron chi connectivity index (χ1n) is 33.9. The highest BCUT2D eigenvalue weighted by Gasteiger charge is 2.19. The van der Waals surface area contributed by atoms with Crippen molar-refractivity contribution in [1.82, 2.24) is 0 Å². The molecule has 0 aromatic heterocycles. The Hall–Kier alpha value is -3.93. The van der Waals surface area contributed by atoms with E-state index in [0.29, 0.717) is 19.3 Å². The van der Waals surface area contributed by atoms with E-state index < -0.39 is 6.10 Å². The molecule has 0 saturated heterocycles. The van der Waals surface area contributed by atoms with Crippen molar-refractivity contribution < 1.29 is 28.6 Å². The molecule has 0 rings (SSSR count). The molecule has 1 unspecified atom stereocenters. The van der Waals surface area contributed by atoms with Crippen molar-refractivity contribution >= 4 is 17.9 Å². The standard InChI is InChI=1S/C74H126O6/c1-4-7-10-13-16-19-22-24-26-28-29-30-31-32-33-34-35-36-37-38-39-40-41-42-43-44-45-47-48-50-52-55-58-61-64-67-73(76)79-70-71(69-78-72(75)66-63-60-57-54-21-18-15-12-9-6-3)80-74(77)68-65-62-59-56-53-51-49-46-27-25-23-20-17-14-11-8-5-2/h7-8,10-12,15-17,19-20,24-27,29-30,49,51,71H,4-6,9,13-14,18,21-23,28,31-48,50,52-70H2,1-3H3/b10-7-,11-8-,15-12-,19-16-,20-17-,26-24-,27-25-,30-29-,51-49-. The summed E-state index contributed by atoms with van der Waals surface area (Å²) in [6.45, 7) is 6.35. The summed E-state index contributed by atoms with van der Waals surface area (Å²) >= 11 is 0. The number of ether oxygens (including phenoxy) is 3. The van der Waals surface area contributed by atoms with E-state index in [9.17, 15) is 14.4 Å². The monoisotopic (exact) mass is 1110 g/mol. The molecule has 6 nitrogen and oxygen atoms in total. The van der Waals surface area contributed by atoms with E-state index >= 15 is 0 Å². The first kappa shape index (κ1) is 76.1. The topological polar surface area (TPSA) is 78.9 Å². The molecule has 0 radical (unpaired) electrons. The van der Waals surface area contributed by atoms with E-state index in [1.807, 2.05) is 0 Å². The first-order valence-corrected chi connectivity index (χ1v) is 33.9. The van der Waals surface area contributed by atoms with Crippen LogP contribution in [0.3, 0.4) is 0 Å². The number of allylic oxidation sites excluding steroid dienone is 18. The molecule has 0 aliphatic rings. The second-order valence-corrected chi connectivity index (χ2v) is 22.3. The predicted molar refractivity (Wildman–Crippen MR) is 348 cm³/mol. The van der Waals surface area contributed by atoms with Crippen LogP contribution in [0.4, 0.5) is 0 Å². The molecule has 0 heterocycles. The molecule has 0 aromatic carbocycles. The predicted octanol–water partition coefficient (Wildman–Crippen LogP) is 23.4. The van der Waals surface area contributed by atoms with Crippen molar-refractivity contribution in [2.75, 3.05) is 13.2 Å². The summed E-state index contributed by atoms with van der Waals surface area (Å²) in [6.07, 6.45) is 92.8. The third-order valence-electron chi connectivity index (χ3n) is 14.5. The van der Waals surface area contributed by atoms with Crippen LogP contribution < -0.4 is 0 Å². The fourth-order valence-electron chi connectivity index (χ4n) is 9.49. The fourth-order valence-corrected chi connectivity index (χ4v) is 9.49. The number of unbranched alkanes of at least 4 members (excludes halogenated alkanes) is 32. The van der Waals surface area contributed by atoms with Crippen molar-refractivity contribution in [2.45, 2.75) is 329 Å². The van der Waals surface area contributed by atoms with Gasteiger partial charge >= 0.3 is 17.9 Å². The summed E-state index contributed by atoms with van der Waals surface area (Å²) in [5.41, 5.74) is 0. The zero-order valence-electron chi connectivity index (χ0n) is 52.6. The minimum Gasteiger partial charge on any atom is -0.462 e. The molecule has 0 aliphatic carbocycles. The average Bonchev–Trinajstić information content (AvgIpc) is 3.46. The molecule has 0 aliphatic heterocycles. The van der Waals surface area contributed by atoms with Crippen LogP contribution in [-0.4, -0.2) is 37.2 Å². The third-order valence-corrected chi connectivity index (χ3v) is 14.5. The number of carbonyl (C=O) groups is 3. The van der Waals surface area contributed by atoms with Crippen molar-refractivity contribution in [3.05, 3.63) is 109 Å². The summed E-state index contributed by atoms with van der Waals surface area (Å²) in [7, 11) is 0. The third kappa shape index (κ3) is 64.9. The van der Waals surface area contributed by atoms with Gasteiger partial charge in [-0.05, 0) is 116 Å². The van der Waals surface area contributed by atoms with Crippen LogP contribution in [0, 0.1) is 0 Å². The van der Waals surface area contributed by atoms with Gasteiger partial charge in [-0.2, -0.15) is 0 Å². The summed E-state index contributed by atoms with van der Waals surface area (Å²) in [6, 6.07) is 0. The highest BCUT2D eigenvalue weighted by atomic mass is 16.6. The molecular formula is C74H126O6. The maximum absolute atomic E-state index is 12.9. The van der Waals surface area contributed by atoms with E-state index in [-0.39, 0.29) is 31.1 Å². The van der Waals surface area contributed by atoms with E-state index in [2.05, 4.69) is 130 Å². The molecule has 0 fully saturated rings. The Morgan fingerprint density at radius 2 is 0.487 bits per heavy atom. The van der Waals surface area contributed by atoms with Gasteiger partial charge in [0.2, 0.25) is 0 Å². The Kier molecular flexibility index (Phi) is 64.3. The van der Waals surface area contributed by atoms with Crippen molar-refractivity contribution in [3.63, 3.8) is 0 Å². The van der Waals surface area contributed by atoms with Crippen LogP contribution in [0.5, 0.6) is 0 Å². The molecule has 0 aromatic rings. The number of hydrogen-bond acceptors (Lipinski definition) is 6. The lowest BCUT2D eigenvalue weighted by Crippen LogP contribution is -2.30. The summed E-state index contributed by atoms with van der Waals surface area (Å²) in [5, 5.41) is 0. The minimum atomic E-state index is -0.793. The Labute approximate surface area is 495 Å². The number of carbonyl (C=O) groups excluding carboxylic acids is 3. The van der Waals surface area contributed by atoms with Crippen LogP contribution in [0.2, 0.25) is 0 Å². The molecule has 80 heavy (non-hydrogen) atoms. The molecule has 0 saturated carbocycles. The summed E-state index contributed by atoms with van der Waals surface area (Å²) in [5.74, 6) is -0.914. The van der Waals surface area contributed by atoms with Gasteiger partial charge in [0.1, 0.15) is 13.2 Å². The van der Waals surface area contributed by atoms with Gasteiger partial charge in [0.05, 0.1) is 0 Å². The van der Waals surface area contributed by atoms with E-state index in [4.69, 9.17) is 14.2 Å². The van der Waals surface area contributed by atoms with Gasteiger partial charge in [-0.1, -0.05) is 297 Å². The molecule has 0 amide bonds. The number of hydrogen-bond donors (Lipinski definition) is 0. The van der Waals surface area contributed by atoms with Crippen LogP contribution in [0.15, 0.2) is 109 Å². The summed E-state index contributed by atoms with van der Waals surface area (Å²) in [4.78, 5) is 38.2. The van der Waals surface area contributed by atoms with E-state index in [0.717, 1.165) is 141 Å². The van der Waals surface area contributed by atoms with Gasteiger partial charge in [0.25, 0.3) is 0 Å². The Bertz CT molecular complexity index is 1610. The van der Waals surface area contributed by atoms with Gasteiger partial charge in [0, 0.05) is 19.3 Å². The maximum Gasteiger partial charge on any atom is 0.306 e. The van der Waals surface area contributed by atoms with Gasteiger partial charge < -0.3 is 14.2 Å². The second kappa shape index (κ2) is 67.6. The van der Waals surface area contributed by atoms with Gasteiger partial charge in [-0.3, -0.25) is 14.4 Å². The largest absolute Gasteiger partial charge is 0.462 e. The quantitative estimate of drug-likeness (QED) is 0.0261. The average molecular weight is 1110 g/mol. The number of rotatable bonds is 61. The second-order valence-electron chi connectivity index (χ2n) is 22.3. The number of esters is 3. The van der Waals surface area contributed by atoms with Gasteiger partial charge in [-0.15, -0.1) is 0 Å². The highest BCUT2D eigenvalue weighted by molar-refractivity contribution is 5.71. The first-order chi connectivity index (χ1) is 39.5. The Balaban J connectivity index is 4.08. The minimum absolute atomic E-state index is 0.0880. The maximum atomic E-state index is 12.9. The molecule has 0 bridgehead atoms. The van der Waals surface area contributed by atoms with Crippen LogP contribution in [0.25, 0.3) is 0 Å². The molecular weight excluding hydrogens is 985 g/mol. The normalized spacial score (nSPS) is 12.8. The lowest BCUT2D eigenvalue weighted by atomic mass is 10.0. The zero-order valence-corrected chi connectivity index (χ0v) is 52.6. The van der Waals surface area contributed by atoms with Crippen LogP contribution in [0.1, 0.15) is 323 Å². The van der Waals surface area contributed by atoms with E-state index in [1.165, 1.54) is 141 Å². The zero-order chi connectivity index (χ0) is 57.8. The lowest BCUT2D eigenvalue weighted by Gasteiger charge is -2.18. The smallest absolute Gasteiger partial charge is 0.306 e. The van der Waals surface area contributed by atoms with Gasteiger partial charge in [0.15, 0.2) is 6.10 Å². The van der Waals surface area contributed by atoms with Crippen molar-refractivity contribution in [3.8, 4) is 0 Å².